The summed E-state index contributed by atoms with van der Waals surface area (Å²) < 4.78 is 10.9. The molecule has 0 aromatic carbocycles. The van der Waals surface area contributed by atoms with E-state index in [-0.39, 0.29) is 46.4 Å². The van der Waals surface area contributed by atoms with Crippen LogP contribution in [0, 0.1) is 0 Å². The molecule has 0 radical (unpaired) electrons. The van der Waals surface area contributed by atoms with E-state index in [1.54, 1.807) is 0 Å². The molecule has 0 fully saturated rings. The molecule has 5 heteroatoms. The standard InChI is InChI=1S/C8H20O2SSi.Na.H/c1-3-9-8(10-4-2)12-7-5-6-11;;/h8,11H,3-7,12H2,1-2H3;;/q;+1;-1. The summed E-state index contributed by atoms with van der Waals surface area (Å²) in [5.74, 6) is 1.12. The third kappa shape index (κ3) is 11.4. The molecule has 76 valence electrons. The van der Waals surface area contributed by atoms with Crippen molar-refractivity contribution < 1.29 is 40.5 Å². The van der Waals surface area contributed by atoms with Crippen molar-refractivity contribution in [2.75, 3.05) is 19.0 Å². The van der Waals surface area contributed by atoms with Gasteiger partial charge in [0.05, 0.1) is 9.52 Å². The van der Waals surface area contributed by atoms with Gasteiger partial charge in [0, 0.05) is 13.2 Å². The number of rotatable bonds is 8. The van der Waals surface area contributed by atoms with Crippen LogP contribution in [0.15, 0.2) is 0 Å². The van der Waals surface area contributed by atoms with Crippen LogP contribution in [-0.4, -0.2) is 34.4 Å². The zero-order valence-corrected chi connectivity index (χ0v) is 13.4. The number of hydrogen-bond acceptors (Lipinski definition) is 3. The predicted molar refractivity (Wildman–Crippen MR) is 60.0 cm³/mol. The first-order chi connectivity index (χ1) is 5.85. The molecule has 0 aromatic rings. The first-order valence-electron chi connectivity index (χ1n) is 4.69. The van der Waals surface area contributed by atoms with E-state index in [9.17, 15) is 0 Å². The summed E-state index contributed by atoms with van der Waals surface area (Å²) in [6.07, 6.45) is 1.20. The average molecular weight is 232 g/mol. The van der Waals surface area contributed by atoms with Gasteiger partial charge in [-0.25, -0.2) is 0 Å². The third-order valence-corrected chi connectivity index (χ3v) is 3.72. The van der Waals surface area contributed by atoms with Gasteiger partial charge >= 0.3 is 29.6 Å². The Morgan fingerprint density at radius 2 is 1.85 bits per heavy atom. The molecule has 0 atom stereocenters. The largest absolute Gasteiger partial charge is 1.00 e. The molecule has 0 N–H and O–H groups in total. The Bertz CT molecular complexity index is 97.4. The van der Waals surface area contributed by atoms with Gasteiger partial charge in [0.1, 0.15) is 5.91 Å². The monoisotopic (exact) mass is 232 g/mol. The third-order valence-electron chi connectivity index (χ3n) is 1.55. The predicted octanol–water partition coefficient (Wildman–Crippen LogP) is -1.63. The van der Waals surface area contributed by atoms with Crippen LogP contribution in [0.5, 0.6) is 0 Å². The van der Waals surface area contributed by atoms with Crippen molar-refractivity contribution in [1.29, 1.82) is 0 Å². The van der Waals surface area contributed by atoms with Gasteiger partial charge < -0.3 is 10.9 Å². The molecule has 0 bridgehead atoms. The maximum Gasteiger partial charge on any atom is 1.00 e. The summed E-state index contributed by atoms with van der Waals surface area (Å²) in [5.41, 5.74) is 0. The minimum atomic E-state index is -0.201. The second kappa shape index (κ2) is 13.5. The van der Waals surface area contributed by atoms with Crippen LogP contribution < -0.4 is 29.6 Å². The fourth-order valence-corrected chi connectivity index (χ4v) is 3.33. The molecule has 0 heterocycles. The molecule has 0 unspecified atom stereocenters. The molecular weight excluding hydrogens is 211 g/mol. The van der Waals surface area contributed by atoms with E-state index in [1.807, 2.05) is 13.8 Å². The molecular formula is C8H21NaO2SSi. The Labute approximate surface area is 113 Å². The van der Waals surface area contributed by atoms with Crippen molar-refractivity contribution in [1.82, 2.24) is 0 Å². The average Bonchev–Trinajstić information content (AvgIpc) is 2.06. The number of ether oxygens (including phenoxy) is 2. The van der Waals surface area contributed by atoms with Crippen molar-refractivity contribution in [3.8, 4) is 0 Å². The van der Waals surface area contributed by atoms with Gasteiger partial charge in [-0.05, 0) is 26.0 Å². The Balaban J connectivity index is -0.000000605. The van der Waals surface area contributed by atoms with E-state index in [0.717, 1.165) is 19.0 Å². The van der Waals surface area contributed by atoms with E-state index >= 15 is 0 Å². The summed E-state index contributed by atoms with van der Waals surface area (Å²) in [7, 11) is -0.201. The quantitative estimate of drug-likeness (QED) is 0.234. The molecule has 0 aliphatic carbocycles. The zero-order chi connectivity index (χ0) is 9.23. The fraction of sp³-hybridized carbons (Fsp3) is 1.00. The Hall–Kier alpha value is 1.49. The smallest absolute Gasteiger partial charge is 1.00 e. The SMILES string of the molecule is CCOC(OCC)[SiH2]CCCS.[H-].[Na+]. The van der Waals surface area contributed by atoms with Crippen molar-refractivity contribution >= 4 is 22.1 Å². The second-order valence-corrected chi connectivity index (χ2v) is 4.96. The molecule has 0 aliphatic rings. The van der Waals surface area contributed by atoms with E-state index in [2.05, 4.69) is 12.6 Å². The second-order valence-electron chi connectivity index (χ2n) is 2.56. The number of thiol groups is 1. The topological polar surface area (TPSA) is 18.5 Å². The fourth-order valence-electron chi connectivity index (χ4n) is 1.01. The molecule has 0 saturated heterocycles. The zero-order valence-electron chi connectivity index (χ0n) is 10.1. The molecule has 2 nitrogen and oxygen atoms in total. The van der Waals surface area contributed by atoms with Crippen molar-refractivity contribution in [2.45, 2.75) is 32.2 Å². The Morgan fingerprint density at radius 3 is 2.23 bits per heavy atom. The maximum atomic E-state index is 5.44. The van der Waals surface area contributed by atoms with Gasteiger partial charge in [0.2, 0.25) is 0 Å². The van der Waals surface area contributed by atoms with Crippen LogP contribution in [0.3, 0.4) is 0 Å². The molecule has 0 amide bonds. The summed E-state index contributed by atoms with van der Waals surface area (Å²) in [5, 5.41) is 0. The molecule has 0 spiro atoms. The van der Waals surface area contributed by atoms with Crippen LogP contribution in [0.2, 0.25) is 6.04 Å². The minimum absolute atomic E-state index is 0. The first kappa shape index (κ1) is 16.9. The summed E-state index contributed by atoms with van der Waals surface area (Å²) >= 11 is 4.17. The summed E-state index contributed by atoms with van der Waals surface area (Å²) in [4.78, 5) is 0. The van der Waals surface area contributed by atoms with Crippen molar-refractivity contribution in [2.24, 2.45) is 0 Å². The summed E-state index contributed by atoms with van der Waals surface area (Å²) in [6, 6.07) is 1.27. The molecule has 0 aromatic heterocycles. The molecule has 0 aliphatic heterocycles. The van der Waals surface area contributed by atoms with Gasteiger partial charge in [0.15, 0.2) is 0 Å². The van der Waals surface area contributed by atoms with Crippen molar-refractivity contribution in [3.05, 3.63) is 0 Å². The van der Waals surface area contributed by atoms with Crippen LogP contribution in [-0.2, 0) is 9.47 Å². The van der Waals surface area contributed by atoms with Gasteiger partial charge in [-0.3, -0.25) is 0 Å². The number of hydrogen-bond donors (Lipinski definition) is 1. The van der Waals surface area contributed by atoms with Crippen LogP contribution in [0.1, 0.15) is 21.7 Å². The van der Waals surface area contributed by atoms with Gasteiger partial charge in [-0.2, -0.15) is 12.6 Å². The van der Waals surface area contributed by atoms with Gasteiger partial charge in [0.25, 0.3) is 0 Å². The van der Waals surface area contributed by atoms with Crippen molar-refractivity contribution in [3.63, 3.8) is 0 Å². The summed E-state index contributed by atoms with van der Waals surface area (Å²) in [6.45, 7) is 5.55. The van der Waals surface area contributed by atoms with Crippen LogP contribution >= 0.6 is 12.6 Å². The van der Waals surface area contributed by atoms with E-state index in [1.165, 1.54) is 12.5 Å². The molecule has 0 saturated carbocycles. The van der Waals surface area contributed by atoms with Crippen LogP contribution in [0.4, 0.5) is 0 Å². The Morgan fingerprint density at radius 1 is 1.31 bits per heavy atom. The van der Waals surface area contributed by atoms with E-state index < -0.39 is 0 Å². The maximum absolute atomic E-state index is 5.44. The first-order valence-corrected chi connectivity index (χ1v) is 7.14. The minimum Gasteiger partial charge on any atom is -1.00 e. The molecule has 0 rings (SSSR count). The molecule has 13 heavy (non-hydrogen) atoms. The van der Waals surface area contributed by atoms with E-state index in [4.69, 9.17) is 9.47 Å². The van der Waals surface area contributed by atoms with Gasteiger partial charge in [-0.1, -0.05) is 6.04 Å². The Kier molecular flexibility index (Phi) is 17.5. The van der Waals surface area contributed by atoms with E-state index in [0.29, 0.717) is 0 Å². The van der Waals surface area contributed by atoms with Gasteiger partial charge in [-0.15, -0.1) is 0 Å². The van der Waals surface area contributed by atoms with Crippen LogP contribution in [0.25, 0.3) is 0 Å². The normalized spacial score (nSPS) is 11.1.